The average Bonchev–Trinajstić information content (AvgIpc) is 2.98. The summed E-state index contributed by atoms with van der Waals surface area (Å²) in [5.74, 6) is 1.48. The van der Waals surface area contributed by atoms with Crippen LogP contribution in [0, 0.1) is 0 Å². The lowest BCUT2D eigenvalue weighted by atomic mass is 10.2. The number of rotatable bonds is 6. The molecule has 0 amide bonds. The van der Waals surface area contributed by atoms with E-state index < -0.39 is 0 Å². The first kappa shape index (κ1) is 15.8. The van der Waals surface area contributed by atoms with Gasteiger partial charge in [-0.1, -0.05) is 53.7 Å². The number of nitrogens with zero attached hydrogens (tertiary/aromatic N) is 4. The Morgan fingerprint density at radius 3 is 2.70 bits per heavy atom. The number of hydrogen-bond donors (Lipinski definition) is 0. The Hall–Kier alpha value is -2.11. The molecule has 0 saturated carbocycles. The lowest BCUT2D eigenvalue weighted by molar-refractivity contribution is 0.729. The van der Waals surface area contributed by atoms with Gasteiger partial charge in [-0.05, 0) is 23.8 Å². The predicted octanol–water partition coefficient (Wildman–Crippen LogP) is 4.47. The summed E-state index contributed by atoms with van der Waals surface area (Å²) in [6.07, 6.45) is 3.58. The van der Waals surface area contributed by atoms with Crippen LogP contribution in [0.3, 0.4) is 0 Å². The van der Waals surface area contributed by atoms with Crippen molar-refractivity contribution in [2.45, 2.75) is 17.5 Å². The summed E-state index contributed by atoms with van der Waals surface area (Å²) < 4.78 is 2.01. The molecule has 0 aliphatic heterocycles. The van der Waals surface area contributed by atoms with Crippen molar-refractivity contribution in [3.8, 4) is 11.5 Å². The molecule has 2 heterocycles. The Labute approximate surface area is 144 Å². The normalized spacial score (nSPS) is 10.7. The second-order valence-corrected chi connectivity index (χ2v) is 6.15. The SMILES string of the molecule is C=CCn1c(SCc2ccccc2Cl)nnc1-c1ccccn1. The van der Waals surface area contributed by atoms with E-state index in [4.69, 9.17) is 11.6 Å². The number of hydrogen-bond acceptors (Lipinski definition) is 4. The fourth-order valence-corrected chi connectivity index (χ4v) is 3.36. The Bertz CT molecular complexity index is 801. The highest BCUT2D eigenvalue weighted by Crippen LogP contribution is 2.28. The van der Waals surface area contributed by atoms with E-state index in [0.29, 0.717) is 6.54 Å². The van der Waals surface area contributed by atoms with Crippen LogP contribution in [0.25, 0.3) is 11.5 Å². The molecule has 0 atom stereocenters. The van der Waals surface area contributed by atoms with Gasteiger partial charge < -0.3 is 0 Å². The Morgan fingerprint density at radius 2 is 1.96 bits per heavy atom. The third kappa shape index (κ3) is 3.63. The molecule has 0 spiro atoms. The molecule has 4 nitrogen and oxygen atoms in total. The van der Waals surface area contributed by atoms with Crippen LogP contribution in [0.15, 0.2) is 66.5 Å². The summed E-state index contributed by atoms with van der Waals surface area (Å²) in [7, 11) is 0. The fraction of sp³-hybridized carbons (Fsp3) is 0.118. The molecular weight excluding hydrogens is 328 g/mol. The molecule has 0 radical (unpaired) electrons. The van der Waals surface area contributed by atoms with Crippen LogP contribution < -0.4 is 0 Å². The van der Waals surface area contributed by atoms with Crippen LogP contribution in [-0.4, -0.2) is 19.7 Å². The van der Waals surface area contributed by atoms with Gasteiger partial charge in [0.1, 0.15) is 5.69 Å². The van der Waals surface area contributed by atoms with Gasteiger partial charge in [-0.15, -0.1) is 16.8 Å². The van der Waals surface area contributed by atoms with Crippen LogP contribution in [0.4, 0.5) is 0 Å². The summed E-state index contributed by atoms with van der Waals surface area (Å²) in [6.45, 7) is 4.45. The minimum atomic E-state index is 0.629. The summed E-state index contributed by atoms with van der Waals surface area (Å²) >= 11 is 7.81. The second-order valence-electron chi connectivity index (χ2n) is 4.80. The van der Waals surface area contributed by atoms with Crippen LogP contribution in [0.5, 0.6) is 0 Å². The number of halogens is 1. The third-order valence-electron chi connectivity index (χ3n) is 3.24. The highest BCUT2D eigenvalue weighted by atomic mass is 35.5. The van der Waals surface area contributed by atoms with E-state index in [0.717, 1.165) is 33.0 Å². The highest BCUT2D eigenvalue weighted by molar-refractivity contribution is 7.98. The summed E-state index contributed by atoms with van der Waals surface area (Å²) in [4.78, 5) is 4.35. The van der Waals surface area contributed by atoms with Crippen molar-refractivity contribution in [3.63, 3.8) is 0 Å². The number of allylic oxidation sites excluding steroid dienone is 1. The van der Waals surface area contributed by atoms with E-state index in [2.05, 4.69) is 21.8 Å². The Kier molecular flexibility index (Phi) is 5.10. The molecule has 0 N–H and O–H groups in total. The largest absolute Gasteiger partial charge is 0.297 e. The fourth-order valence-electron chi connectivity index (χ4n) is 2.13. The molecule has 23 heavy (non-hydrogen) atoms. The first-order chi connectivity index (χ1) is 11.3. The second kappa shape index (κ2) is 7.44. The van der Waals surface area contributed by atoms with Gasteiger partial charge in [0.2, 0.25) is 0 Å². The van der Waals surface area contributed by atoms with Crippen molar-refractivity contribution in [1.29, 1.82) is 0 Å². The van der Waals surface area contributed by atoms with Crippen molar-refractivity contribution in [3.05, 3.63) is 71.9 Å². The number of aromatic nitrogens is 4. The van der Waals surface area contributed by atoms with Crippen molar-refractivity contribution < 1.29 is 0 Å². The zero-order valence-electron chi connectivity index (χ0n) is 12.4. The van der Waals surface area contributed by atoms with Gasteiger partial charge in [-0.25, -0.2) is 0 Å². The predicted molar refractivity (Wildman–Crippen MR) is 94.5 cm³/mol. The smallest absolute Gasteiger partial charge is 0.192 e. The minimum absolute atomic E-state index is 0.629. The van der Waals surface area contributed by atoms with E-state index in [9.17, 15) is 0 Å². The van der Waals surface area contributed by atoms with Crippen LogP contribution in [0.2, 0.25) is 5.02 Å². The van der Waals surface area contributed by atoms with Gasteiger partial charge in [0.25, 0.3) is 0 Å². The summed E-state index contributed by atoms with van der Waals surface area (Å²) in [6, 6.07) is 13.6. The lowest BCUT2D eigenvalue weighted by Crippen LogP contribution is -2.01. The van der Waals surface area contributed by atoms with Crippen LogP contribution in [0.1, 0.15) is 5.56 Å². The number of pyridine rings is 1. The molecule has 3 rings (SSSR count). The van der Waals surface area contributed by atoms with Crippen molar-refractivity contribution in [2.75, 3.05) is 0 Å². The molecule has 116 valence electrons. The molecular formula is C17H15ClN4S. The molecule has 1 aromatic carbocycles. The maximum absolute atomic E-state index is 6.21. The van der Waals surface area contributed by atoms with E-state index in [1.165, 1.54) is 0 Å². The molecule has 3 aromatic rings. The molecule has 0 fully saturated rings. The molecule has 0 saturated heterocycles. The van der Waals surface area contributed by atoms with E-state index in [1.807, 2.05) is 53.1 Å². The molecule has 2 aromatic heterocycles. The van der Waals surface area contributed by atoms with Gasteiger partial charge in [0.05, 0.1) is 0 Å². The van der Waals surface area contributed by atoms with Gasteiger partial charge >= 0.3 is 0 Å². The molecule has 0 unspecified atom stereocenters. The zero-order chi connectivity index (χ0) is 16.1. The first-order valence-corrected chi connectivity index (χ1v) is 8.47. The van der Waals surface area contributed by atoms with Crippen LogP contribution in [-0.2, 0) is 12.3 Å². The van der Waals surface area contributed by atoms with E-state index in [-0.39, 0.29) is 0 Å². The number of thioether (sulfide) groups is 1. The molecule has 0 bridgehead atoms. The minimum Gasteiger partial charge on any atom is -0.297 e. The van der Waals surface area contributed by atoms with Crippen molar-refractivity contribution >= 4 is 23.4 Å². The van der Waals surface area contributed by atoms with Crippen molar-refractivity contribution in [2.24, 2.45) is 0 Å². The lowest BCUT2D eigenvalue weighted by Gasteiger charge is -2.07. The van der Waals surface area contributed by atoms with E-state index >= 15 is 0 Å². The monoisotopic (exact) mass is 342 g/mol. The zero-order valence-corrected chi connectivity index (χ0v) is 14.0. The van der Waals surface area contributed by atoms with Gasteiger partial charge in [-0.2, -0.15) is 0 Å². The maximum atomic E-state index is 6.21. The van der Waals surface area contributed by atoms with Gasteiger partial charge in [-0.3, -0.25) is 9.55 Å². The quantitative estimate of drug-likeness (QED) is 0.489. The summed E-state index contributed by atoms with van der Waals surface area (Å²) in [5, 5.41) is 10.2. The molecule has 0 aliphatic carbocycles. The number of benzene rings is 1. The van der Waals surface area contributed by atoms with Gasteiger partial charge in [0.15, 0.2) is 11.0 Å². The Morgan fingerprint density at radius 1 is 1.13 bits per heavy atom. The Balaban J connectivity index is 1.86. The third-order valence-corrected chi connectivity index (χ3v) is 4.62. The average molecular weight is 343 g/mol. The molecule has 6 heteroatoms. The topological polar surface area (TPSA) is 43.6 Å². The van der Waals surface area contributed by atoms with E-state index in [1.54, 1.807) is 18.0 Å². The van der Waals surface area contributed by atoms with Crippen LogP contribution >= 0.6 is 23.4 Å². The standard InChI is InChI=1S/C17H15ClN4S/c1-2-11-22-16(15-9-5-6-10-19-15)20-21-17(22)23-12-13-7-3-4-8-14(13)18/h2-10H,1,11-12H2. The summed E-state index contributed by atoms with van der Waals surface area (Å²) in [5.41, 5.74) is 1.87. The van der Waals surface area contributed by atoms with Crippen molar-refractivity contribution in [1.82, 2.24) is 19.7 Å². The first-order valence-electron chi connectivity index (χ1n) is 7.11. The molecule has 0 aliphatic rings. The maximum Gasteiger partial charge on any atom is 0.192 e. The highest BCUT2D eigenvalue weighted by Gasteiger charge is 2.14. The van der Waals surface area contributed by atoms with Gasteiger partial charge in [0, 0.05) is 23.5 Å².